The van der Waals surface area contributed by atoms with Gasteiger partial charge >= 0.3 is 0 Å². The summed E-state index contributed by atoms with van der Waals surface area (Å²) in [6, 6.07) is 4.93. The Morgan fingerprint density at radius 1 is 1.53 bits per heavy atom. The number of carbonyl (C=O) groups is 1. The van der Waals surface area contributed by atoms with Gasteiger partial charge in [-0.3, -0.25) is 9.80 Å². The molecule has 5 heteroatoms. The summed E-state index contributed by atoms with van der Waals surface area (Å²) in [5.74, 6) is 5.05. The molecule has 1 aromatic rings. The molecule has 1 aromatic carbocycles. The van der Waals surface area contributed by atoms with Gasteiger partial charge in [-0.2, -0.15) is 0 Å². The van der Waals surface area contributed by atoms with Gasteiger partial charge in [0.2, 0.25) is 0 Å². The van der Waals surface area contributed by atoms with Crippen LogP contribution in [0.15, 0.2) is 22.7 Å². The lowest BCUT2D eigenvalue weighted by Gasteiger charge is -2.18. The monoisotopic (exact) mass is 271 g/mol. The summed E-state index contributed by atoms with van der Waals surface area (Å²) in [6.45, 7) is 1.91. The summed E-state index contributed by atoms with van der Waals surface area (Å²) < 4.78 is 0.894. The Morgan fingerprint density at radius 2 is 2.13 bits per heavy atom. The highest BCUT2D eigenvalue weighted by atomic mass is 79.9. The predicted octanol–water partition coefficient (Wildman–Crippen LogP) is 1.09. The van der Waals surface area contributed by atoms with E-state index in [-0.39, 0.29) is 5.91 Å². The van der Waals surface area contributed by atoms with Crippen molar-refractivity contribution in [3.05, 3.63) is 33.8 Å². The fourth-order valence-corrected chi connectivity index (χ4v) is 1.68. The van der Waals surface area contributed by atoms with Crippen molar-refractivity contribution in [1.82, 2.24) is 5.01 Å². The van der Waals surface area contributed by atoms with E-state index in [1.54, 1.807) is 0 Å². The smallest absolute Gasteiger partial charge is 0.257 e. The summed E-state index contributed by atoms with van der Waals surface area (Å²) in [5.41, 5.74) is 7.57. The zero-order chi connectivity index (χ0) is 11.6. The number of likely N-dealkylation sites (N-methyl/N-ethyl adjacent to an activating group) is 1. The second kappa shape index (κ2) is 4.74. The first-order valence-corrected chi connectivity index (χ1v) is 5.26. The maximum Gasteiger partial charge on any atom is 0.257 e. The molecule has 1 unspecified atom stereocenters. The van der Waals surface area contributed by atoms with Crippen LogP contribution >= 0.6 is 15.9 Å². The quantitative estimate of drug-likeness (QED) is 0.481. The van der Waals surface area contributed by atoms with Gasteiger partial charge in [-0.25, -0.2) is 5.84 Å². The lowest BCUT2D eigenvalue weighted by molar-refractivity contribution is -0.131. The number of hydrogen-bond acceptors (Lipinski definition) is 3. The molecule has 0 fully saturated rings. The van der Waals surface area contributed by atoms with E-state index in [4.69, 9.17) is 11.6 Å². The minimum Gasteiger partial charge on any atom is -0.316 e. The average molecular weight is 272 g/mol. The Bertz CT molecular complexity index is 379. The van der Waals surface area contributed by atoms with Gasteiger partial charge in [0.25, 0.3) is 5.91 Å². The molecule has 82 valence electrons. The molecule has 0 aliphatic carbocycles. The number of aryl methyl sites for hydroxylation is 1. The standard InChI is InChI=1S/C10H14BrN3O/c1-6-3-4-7(11)5-8(6)9(12)10(15)14(2)13/h3-5,9H,12-13H2,1-2H3. The SMILES string of the molecule is Cc1ccc(Br)cc1C(N)C(=O)N(C)N. The molecule has 1 amide bonds. The van der Waals surface area contributed by atoms with E-state index in [1.807, 2.05) is 25.1 Å². The molecule has 0 spiro atoms. The Hall–Kier alpha value is -0.910. The van der Waals surface area contributed by atoms with Gasteiger partial charge in [0.1, 0.15) is 6.04 Å². The van der Waals surface area contributed by atoms with Crippen LogP contribution in [0.2, 0.25) is 0 Å². The van der Waals surface area contributed by atoms with Gasteiger partial charge in [0, 0.05) is 11.5 Å². The van der Waals surface area contributed by atoms with Gasteiger partial charge < -0.3 is 5.73 Å². The molecule has 0 bridgehead atoms. The first-order valence-electron chi connectivity index (χ1n) is 4.47. The number of halogens is 1. The number of rotatable bonds is 2. The van der Waals surface area contributed by atoms with E-state index < -0.39 is 6.04 Å². The van der Waals surface area contributed by atoms with Crippen molar-refractivity contribution in [2.75, 3.05) is 7.05 Å². The van der Waals surface area contributed by atoms with Crippen molar-refractivity contribution in [3.63, 3.8) is 0 Å². The fourth-order valence-electron chi connectivity index (χ4n) is 1.30. The molecule has 0 saturated carbocycles. The third kappa shape index (κ3) is 2.77. The third-order valence-corrected chi connectivity index (χ3v) is 2.68. The minimum atomic E-state index is -0.711. The Morgan fingerprint density at radius 3 is 2.67 bits per heavy atom. The van der Waals surface area contributed by atoms with Crippen LogP contribution in [-0.2, 0) is 4.79 Å². The molecule has 4 nitrogen and oxygen atoms in total. The summed E-state index contributed by atoms with van der Waals surface area (Å²) in [7, 11) is 1.48. The lowest BCUT2D eigenvalue weighted by Crippen LogP contribution is -2.40. The van der Waals surface area contributed by atoms with Crippen molar-refractivity contribution in [3.8, 4) is 0 Å². The number of nitrogens with zero attached hydrogens (tertiary/aromatic N) is 1. The van der Waals surface area contributed by atoms with E-state index >= 15 is 0 Å². The second-order valence-corrected chi connectivity index (χ2v) is 4.34. The van der Waals surface area contributed by atoms with Gasteiger partial charge in [-0.05, 0) is 30.2 Å². The van der Waals surface area contributed by atoms with Crippen LogP contribution in [0.25, 0.3) is 0 Å². The van der Waals surface area contributed by atoms with E-state index in [9.17, 15) is 4.79 Å². The number of hydrogen-bond donors (Lipinski definition) is 2. The van der Waals surface area contributed by atoms with E-state index in [0.29, 0.717) is 0 Å². The summed E-state index contributed by atoms with van der Waals surface area (Å²) in [4.78, 5) is 11.6. The van der Waals surface area contributed by atoms with Crippen molar-refractivity contribution in [2.45, 2.75) is 13.0 Å². The van der Waals surface area contributed by atoms with Crippen LogP contribution < -0.4 is 11.6 Å². The number of benzene rings is 1. The first kappa shape index (κ1) is 12.2. The van der Waals surface area contributed by atoms with Crippen LogP contribution in [0, 0.1) is 6.92 Å². The van der Waals surface area contributed by atoms with E-state index in [2.05, 4.69) is 15.9 Å². The van der Waals surface area contributed by atoms with Crippen LogP contribution in [0.4, 0.5) is 0 Å². The number of nitrogens with two attached hydrogens (primary N) is 2. The molecule has 0 aliphatic heterocycles. The first-order chi connectivity index (χ1) is 6.93. The summed E-state index contributed by atoms with van der Waals surface area (Å²) >= 11 is 3.34. The van der Waals surface area contributed by atoms with Gasteiger partial charge in [-0.15, -0.1) is 0 Å². The molecule has 4 N–H and O–H groups in total. The Labute approximate surface area is 97.3 Å². The van der Waals surface area contributed by atoms with Crippen molar-refractivity contribution in [2.24, 2.45) is 11.6 Å². The molecule has 15 heavy (non-hydrogen) atoms. The molecular weight excluding hydrogens is 258 g/mol. The van der Waals surface area contributed by atoms with Crippen LogP contribution in [-0.4, -0.2) is 18.0 Å². The van der Waals surface area contributed by atoms with Crippen LogP contribution in [0.1, 0.15) is 17.2 Å². The number of carbonyl (C=O) groups excluding carboxylic acids is 1. The molecule has 0 aromatic heterocycles. The maximum atomic E-state index is 11.6. The lowest BCUT2D eigenvalue weighted by atomic mass is 10.0. The summed E-state index contributed by atoms with van der Waals surface area (Å²) in [6.07, 6.45) is 0. The largest absolute Gasteiger partial charge is 0.316 e. The maximum absolute atomic E-state index is 11.6. The highest BCUT2D eigenvalue weighted by Gasteiger charge is 2.19. The minimum absolute atomic E-state index is 0.309. The zero-order valence-corrected chi connectivity index (χ0v) is 10.3. The molecule has 1 atom stereocenters. The fraction of sp³-hybridized carbons (Fsp3) is 0.300. The van der Waals surface area contributed by atoms with Crippen LogP contribution in [0.3, 0.4) is 0 Å². The highest BCUT2D eigenvalue weighted by Crippen LogP contribution is 2.21. The van der Waals surface area contributed by atoms with E-state index in [1.165, 1.54) is 7.05 Å². The zero-order valence-electron chi connectivity index (χ0n) is 8.70. The highest BCUT2D eigenvalue weighted by molar-refractivity contribution is 9.10. The van der Waals surface area contributed by atoms with Gasteiger partial charge in [0.05, 0.1) is 0 Å². The molecule has 0 saturated heterocycles. The normalized spacial score (nSPS) is 12.3. The Balaban J connectivity index is 3.05. The van der Waals surface area contributed by atoms with E-state index in [0.717, 1.165) is 20.6 Å². The van der Waals surface area contributed by atoms with Gasteiger partial charge in [-0.1, -0.05) is 22.0 Å². The summed E-state index contributed by atoms with van der Waals surface area (Å²) in [5, 5.41) is 1.00. The Kier molecular flexibility index (Phi) is 3.84. The van der Waals surface area contributed by atoms with Gasteiger partial charge in [0.15, 0.2) is 0 Å². The topological polar surface area (TPSA) is 72.4 Å². The van der Waals surface area contributed by atoms with Crippen LogP contribution in [0.5, 0.6) is 0 Å². The molecule has 1 rings (SSSR count). The molecule has 0 aliphatic rings. The molecule has 0 heterocycles. The second-order valence-electron chi connectivity index (χ2n) is 3.43. The van der Waals surface area contributed by atoms with Crippen molar-refractivity contribution >= 4 is 21.8 Å². The van der Waals surface area contributed by atoms with Crippen molar-refractivity contribution < 1.29 is 4.79 Å². The average Bonchev–Trinajstić information content (AvgIpc) is 2.19. The van der Waals surface area contributed by atoms with Crippen molar-refractivity contribution in [1.29, 1.82) is 0 Å². The molecular formula is C10H14BrN3O. The third-order valence-electron chi connectivity index (χ3n) is 2.19. The molecule has 0 radical (unpaired) electrons. The number of hydrazine groups is 1. The predicted molar refractivity (Wildman–Crippen MR) is 62.8 cm³/mol. The number of amides is 1.